The molecule has 0 amide bonds. The van der Waals surface area contributed by atoms with Crippen LogP contribution in [0.2, 0.25) is 0 Å². The summed E-state index contributed by atoms with van der Waals surface area (Å²) in [6.07, 6.45) is 5.11. The smallest absolute Gasteiger partial charge is 0.200 e. The second-order valence-electron chi connectivity index (χ2n) is 9.82. The standard InChI is InChI=1S/C35H34N2O2/c1-4-25(21-34-36(5-2)30-23-28(17-19-32(30)38-34)26-13-9-7-10-14-26)22-35-37(6-3)31-24-29(18-20-33(31)39-35)27-15-11-8-12-16-27/h7-24,34H,4-6H2,1-3H3. The van der Waals surface area contributed by atoms with Crippen molar-refractivity contribution in [1.82, 2.24) is 0 Å². The summed E-state index contributed by atoms with van der Waals surface area (Å²) in [5.41, 5.74) is 8.22. The van der Waals surface area contributed by atoms with Crippen molar-refractivity contribution in [2.24, 2.45) is 0 Å². The van der Waals surface area contributed by atoms with Crippen LogP contribution in [0.1, 0.15) is 27.2 Å². The molecule has 4 aromatic rings. The van der Waals surface area contributed by atoms with E-state index in [0.717, 1.165) is 48.3 Å². The Bertz CT molecular complexity index is 1530. The van der Waals surface area contributed by atoms with Crippen LogP contribution in [0.15, 0.2) is 121 Å². The van der Waals surface area contributed by atoms with Crippen LogP contribution < -0.4 is 19.3 Å². The summed E-state index contributed by atoms with van der Waals surface area (Å²) < 4.78 is 12.8. The number of allylic oxidation sites excluding steroid dienone is 2. The third-order valence-electron chi connectivity index (χ3n) is 7.50. The molecule has 0 aliphatic carbocycles. The predicted molar refractivity (Wildman–Crippen MR) is 161 cm³/mol. The zero-order valence-electron chi connectivity index (χ0n) is 22.8. The molecule has 4 nitrogen and oxygen atoms in total. The maximum Gasteiger partial charge on any atom is 0.200 e. The van der Waals surface area contributed by atoms with Crippen LogP contribution in [0.4, 0.5) is 11.4 Å². The minimum atomic E-state index is -0.161. The molecule has 39 heavy (non-hydrogen) atoms. The molecule has 2 aliphatic heterocycles. The number of ether oxygens (including phenoxy) is 2. The second-order valence-corrected chi connectivity index (χ2v) is 9.82. The molecule has 0 aromatic heterocycles. The lowest BCUT2D eigenvalue weighted by Crippen LogP contribution is -2.33. The first-order chi connectivity index (χ1) is 19.2. The van der Waals surface area contributed by atoms with Crippen molar-refractivity contribution in [3.05, 3.63) is 121 Å². The van der Waals surface area contributed by atoms with Crippen molar-refractivity contribution in [2.45, 2.75) is 33.4 Å². The van der Waals surface area contributed by atoms with Gasteiger partial charge in [-0.2, -0.15) is 0 Å². The molecule has 1 unspecified atom stereocenters. The molecule has 0 spiro atoms. The Kier molecular flexibility index (Phi) is 6.85. The topological polar surface area (TPSA) is 24.9 Å². The Balaban J connectivity index is 1.28. The highest BCUT2D eigenvalue weighted by molar-refractivity contribution is 5.77. The van der Waals surface area contributed by atoms with Gasteiger partial charge in [-0.15, -0.1) is 0 Å². The van der Waals surface area contributed by atoms with E-state index in [2.05, 4.69) is 128 Å². The molecule has 1 atom stereocenters. The average Bonchev–Trinajstić information content (AvgIpc) is 3.53. The molecule has 0 bridgehead atoms. The molecule has 6 rings (SSSR count). The molecule has 4 heteroatoms. The molecule has 0 saturated heterocycles. The molecular formula is C35H34N2O2. The lowest BCUT2D eigenvalue weighted by Gasteiger charge is -2.22. The number of hydrogen-bond acceptors (Lipinski definition) is 4. The van der Waals surface area contributed by atoms with Crippen LogP contribution in [0, 0.1) is 0 Å². The Labute approximate surface area is 231 Å². The van der Waals surface area contributed by atoms with Gasteiger partial charge in [0.15, 0.2) is 12.0 Å². The van der Waals surface area contributed by atoms with Crippen LogP contribution in [0.25, 0.3) is 22.3 Å². The number of rotatable bonds is 7. The van der Waals surface area contributed by atoms with Crippen molar-refractivity contribution in [1.29, 1.82) is 0 Å². The highest BCUT2D eigenvalue weighted by atomic mass is 16.5. The van der Waals surface area contributed by atoms with E-state index in [1.54, 1.807) is 0 Å². The van der Waals surface area contributed by atoms with Gasteiger partial charge in [0.25, 0.3) is 0 Å². The van der Waals surface area contributed by atoms with E-state index in [-0.39, 0.29) is 6.23 Å². The number of nitrogens with zero attached hydrogens (tertiary/aromatic N) is 2. The first-order valence-corrected chi connectivity index (χ1v) is 13.9. The fourth-order valence-electron chi connectivity index (χ4n) is 5.41. The zero-order valence-corrected chi connectivity index (χ0v) is 22.8. The molecule has 0 fully saturated rings. The van der Waals surface area contributed by atoms with Gasteiger partial charge in [0.1, 0.15) is 5.75 Å². The molecule has 2 heterocycles. The third kappa shape index (κ3) is 4.79. The van der Waals surface area contributed by atoms with E-state index >= 15 is 0 Å². The van der Waals surface area contributed by atoms with Crippen LogP contribution in [0.3, 0.4) is 0 Å². The number of likely N-dealkylation sites (N-methyl/N-ethyl adjacent to an activating group) is 1. The van der Waals surface area contributed by atoms with E-state index in [4.69, 9.17) is 9.47 Å². The summed E-state index contributed by atoms with van der Waals surface area (Å²) in [6.45, 7) is 8.20. The van der Waals surface area contributed by atoms with Crippen LogP contribution in [-0.4, -0.2) is 19.3 Å². The van der Waals surface area contributed by atoms with Gasteiger partial charge in [0.05, 0.1) is 11.4 Å². The SMILES string of the molecule is CCC(=CC1Oc2ccc(-c3ccccc3)cc2N1CC)C=C1Oc2ccc(-c3ccccc3)cc2N1CC. The van der Waals surface area contributed by atoms with Gasteiger partial charge in [-0.3, -0.25) is 0 Å². The highest BCUT2D eigenvalue weighted by Crippen LogP contribution is 2.43. The van der Waals surface area contributed by atoms with E-state index in [0.29, 0.717) is 0 Å². The first kappa shape index (κ1) is 24.9. The van der Waals surface area contributed by atoms with Gasteiger partial charge in [0, 0.05) is 19.2 Å². The number of hydrogen-bond donors (Lipinski definition) is 0. The molecule has 0 radical (unpaired) electrons. The predicted octanol–water partition coefficient (Wildman–Crippen LogP) is 8.66. The molecular weight excluding hydrogens is 480 g/mol. The average molecular weight is 515 g/mol. The summed E-state index contributed by atoms with van der Waals surface area (Å²) in [5, 5.41) is 0. The Morgan fingerprint density at radius 2 is 1.31 bits per heavy atom. The van der Waals surface area contributed by atoms with Crippen LogP contribution in [0.5, 0.6) is 11.5 Å². The molecule has 0 N–H and O–H groups in total. The quantitative estimate of drug-likeness (QED) is 0.246. The highest BCUT2D eigenvalue weighted by Gasteiger charge is 2.30. The van der Waals surface area contributed by atoms with Crippen LogP contribution >= 0.6 is 0 Å². The fraction of sp³-hybridized carbons (Fsp3) is 0.200. The van der Waals surface area contributed by atoms with E-state index < -0.39 is 0 Å². The van der Waals surface area contributed by atoms with Gasteiger partial charge in [0.2, 0.25) is 5.88 Å². The van der Waals surface area contributed by atoms with Gasteiger partial charge in [-0.05, 0) is 78.4 Å². The van der Waals surface area contributed by atoms with Gasteiger partial charge < -0.3 is 19.3 Å². The second kappa shape index (κ2) is 10.7. The maximum absolute atomic E-state index is 6.44. The Morgan fingerprint density at radius 3 is 1.90 bits per heavy atom. The van der Waals surface area contributed by atoms with Crippen molar-refractivity contribution < 1.29 is 9.47 Å². The lowest BCUT2D eigenvalue weighted by atomic mass is 10.0. The van der Waals surface area contributed by atoms with E-state index in [1.807, 2.05) is 12.1 Å². The van der Waals surface area contributed by atoms with Crippen molar-refractivity contribution >= 4 is 11.4 Å². The minimum Gasteiger partial charge on any atom is -0.465 e. The van der Waals surface area contributed by atoms with Crippen molar-refractivity contribution in [3.63, 3.8) is 0 Å². The van der Waals surface area contributed by atoms with E-state index in [9.17, 15) is 0 Å². The largest absolute Gasteiger partial charge is 0.465 e. The summed E-state index contributed by atoms with van der Waals surface area (Å²) in [7, 11) is 0. The molecule has 0 saturated carbocycles. The fourth-order valence-corrected chi connectivity index (χ4v) is 5.41. The van der Waals surface area contributed by atoms with Crippen molar-refractivity contribution in [2.75, 3.05) is 22.9 Å². The summed E-state index contributed by atoms with van der Waals surface area (Å²) in [6, 6.07) is 33.9. The number of fused-ring (bicyclic) bond motifs is 2. The Hall–Kier alpha value is -4.44. The van der Waals surface area contributed by atoms with Gasteiger partial charge >= 0.3 is 0 Å². The zero-order chi connectivity index (χ0) is 26.8. The summed E-state index contributed by atoms with van der Waals surface area (Å²) in [4.78, 5) is 4.57. The third-order valence-corrected chi connectivity index (χ3v) is 7.50. The minimum absolute atomic E-state index is 0.161. The Morgan fingerprint density at radius 1 is 0.692 bits per heavy atom. The van der Waals surface area contributed by atoms with Crippen molar-refractivity contribution in [3.8, 4) is 33.8 Å². The number of anilines is 2. The summed E-state index contributed by atoms with van der Waals surface area (Å²) >= 11 is 0. The normalized spacial score (nSPS) is 17.2. The first-order valence-electron chi connectivity index (χ1n) is 13.9. The summed E-state index contributed by atoms with van der Waals surface area (Å²) in [5.74, 6) is 2.68. The molecule has 4 aromatic carbocycles. The number of benzene rings is 4. The monoisotopic (exact) mass is 514 g/mol. The lowest BCUT2D eigenvalue weighted by molar-refractivity contribution is 0.274. The molecule has 196 valence electrons. The van der Waals surface area contributed by atoms with E-state index in [1.165, 1.54) is 27.8 Å². The van der Waals surface area contributed by atoms with Crippen LogP contribution in [-0.2, 0) is 0 Å². The molecule has 2 aliphatic rings. The van der Waals surface area contributed by atoms with Gasteiger partial charge in [-0.25, -0.2) is 0 Å². The van der Waals surface area contributed by atoms with Gasteiger partial charge in [-0.1, -0.05) is 79.7 Å². The maximum atomic E-state index is 6.44.